The third-order valence-corrected chi connectivity index (χ3v) is 5.39. The first-order chi connectivity index (χ1) is 12.2. The zero-order chi connectivity index (χ0) is 18.2. The quantitative estimate of drug-likeness (QED) is 0.582. The van der Waals surface area contributed by atoms with Gasteiger partial charge in [0.15, 0.2) is 0 Å². The highest BCUT2D eigenvalue weighted by atomic mass is 14.5. The van der Waals surface area contributed by atoms with Crippen LogP contribution in [0.25, 0.3) is 5.57 Å². The molecule has 1 spiro atoms. The van der Waals surface area contributed by atoms with E-state index in [4.69, 9.17) is 0 Å². The van der Waals surface area contributed by atoms with Gasteiger partial charge in [-0.05, 0) is 58.4 Å². The van der Waals surface area contributed by atoms with Gasteiger partial charge >= 0.3 is 0 Å². The first kappa shape index (κ1) is 17.0. The van der Waals surface area contributed by atoms with Crippen LogP contribution in [-0.4, -0.2) is 0 Å². The van der Waals surface area contributed by atoms with Crippen LogP contribution in [0.1, 0.15) is 25.0 Å². The van der Waals surface area contributed by atoms with E-state index >= 15 is 0 Å². The topological polar surface area (TPSA) is 0 Å². The van der Waals surface area contributed by atoms with Crippen molar-refractivity contribution >= 4 is 5.57 Å². The van der Waals surface area contributed by atoms with Crippen LogP contribution < -0.4 is 0 Å². The molecule has 1 unspecified atom stereocenters. The molecule has 0 nitrogen and oxygen atoms in total. The molecule has 1 aromatic rings. The van der Waals surface area contributed by atoms with Crippen molar-refractivity contribution in [3.63, 3.8) is 0 Å². The second-order valence-corrected chi connectivity index (χ2v) is 6.17. The van der Waals surface area contributed by atoms with Gasteiger partial charge in [-0.25, -0.2) is 0 Å². The molecule has 2 aliphatic rings. The molecule has 0 aliphatic heterocycles. The Bertz CT molecular complexity index is 925. The Hall–Kier alpha value is -2.86. The minimum atomic E-state index is -0.385. The van der Waals surface area contributed by atoms with Gasteiger partial charge in [-0.1, -0.05) is 87.0 Å². The predicted octanol–water partition coefficient (Wildman–Crippen LogP) is 6.64. The Balaban J connectivity index is 2.60. The standard InChI is InChI=1S/C25H24/c1-7-17-18(8-2)22(11-5)25(21(17)10-4)23(12-6)19(9-3)20-15-13-14-16-24(20)25/h7-16H,1,3-4,6H2,2,5H3/b18-8-,22-11+. The first-order valence-electron chi connectivity index (χ1n) is 8.60. The molecular formula is C25H24. The average Bonchev–Trinajstić information content (AvgIpc) is 3.10. The summed E-state index contributed by atoms with van der Waals surface area (Å²) in [4.78, 5) is 0. The molecule has 0 bridgehead atoms. The van der Waals surface area contributed by atoms with Crippen LogP contribution in [0.3, 0.4) is 0 Å². The van der Waals surface area contributed by atoms with Crippen molar-refractivity contribution in [3.05, 3.63) is 126 Å². The molecule has 0 amide bonds. The number of hydrogen-bond acceptors (Lipinski definition) is 0. The lowest BCUT2D eigenvalue weighted by atomic mass is 9.68. The third-order valence-electron chi connectivity index (χ3n) is 5.39. The number of benzene rings is 1. The molecule has 0 heterocycles. The Labute approximate surface area is 151 Å². The Kier molecular flexibility index (Phi) is 4.22. The SMILES string of the molecule is C=CC1=C(C=C)C2(C(C=C)=C(C=C)c3ccccc32)C(=C/C)/C1=C\C. The first-order valence-corrected chi connectivity index (χ1v) is 8.60. The van der Waals surface area contributed by atoms with Gasteiger partial charge in [-0.3, -0.25) is 0 Å². The maximum Gasteiger partial charge on any atom is 0.0721 e. The molecule has 3 rings (SSSR count). The van der Waals surface area contributed by atoms with Crippen molar-refractivity contribution in [2.75, 3.05) is 0 Å². The van der Waals surface area contributed by atoms with Gasteiger partial charge in [0, 0.05) is 0 Å². The minimum Gasteiger partial charge on any atom is -0.0987 e. The van der Waals surface area contributed by atoms with Crippen molar-refractivity contribution < 1.29 is 0 Å². The van der Waals surface area contributed by atoms with Crippen LogP contribution in [0.15, 0.2) is 115 Å². The summed E-state index contributed by atoms with van der Waals surface area (Å²) in [5.41, 5.74) is 9.20. The molecule has 0 N–H and O–H groups in total. The van der Waals surface area contributed by atoms with Crippen LogP contribution in [0.2, 0.25) is 0 Å². The van der Waals surface area contributed by atoms with Crippen molar-refractivity contribution in [1.82, 2.24) is 0 Å². The van der Waals surface area contributed by atoms with Gasteiger partial charge in [-0.2, -0.15) is 0 Å². The van der Waals surface area contributed by atoms with Crippen molar-refractivity contribution in [3.8, 4) is 0 Å². The van der Waals surface area contributed by atoms with E-state index in [1.807, 2.05) is 24.3 Å². The summed E-state index contributed by atoms with van der Waals surface area (Å²) < 4.78 is 0. The zero-order valence-electron chi connectivity index (χ0n) is 15.1. The number of hydrogen-bond donors (Lipinski definition) is 0. The lowest BCUT2D eigenvalue weighted by molar-refractivity contribution is 0.774. The van der Waals surface area contributed by atoms with Crippen molar-refractivity contribution in [1.29, 1.82) is 0 Å². The molecule has 0 radical (unpaired) electrons. The Morgan fingerprint density at radius 1 is 0.760 bits per heavy atom. The molecular weight excluding hydrogens is 300 g/mol. The van der Waals surface area contributed by atoms with E-state index in [0.29, 0.717) is 0 Å². The number of allylic oxidation sites excluding steroid dienone is 12. The molecule has 0 saturated heterocycles. The van der Waals surface area contributed by atoms with Crippen molar-refractivity contribution in [2.24, 2.45) is 0 Å². The summed E-state index contributed by atoms with van der Waals surface area (Å²) in [6, 6.07) is 8.55. The highest BCUT2D eigenvalue weighted by Gasteiger charge is 2.52. The van der Waals surface area contributed by atoms with E-state index in [1.54, 1.807) is 0 Å². The van der Waals surface area contributed by atoms with Gasteiger partial charge < -0.3 is 0 Å². The summed E-state index contributed by atoms with van der Waals surface area (Å²) in [6.07, 6.45) is 12.2. The lowest BCUT2D eigenvalue weighted by Gasteiger charge is -2.33. The maximum atomic E-state index is 4.15. The molecule has 2 aliphatic carbocycles. The fourth-order valence-corrected chi connectivity index (χ4v) is 4.61. The van der Waals surface area contributed by atoms with Gasteiger partial charge in [0.1, 0.15) is 0 Å². The molecule has 0 saturated carbocycles. The lowest BCUT2D eigenvalue weighted by Crippen LogP contribution is -2.27. The summed E-state index contributed by atoms with van der Waals surface area (Å²) in [6.45, 7) is 20.6. The van der Waals surface area contributed by atoms with E-state index in [2.05, 4.69) is 76.6 Å². The van der Waals surface area contributed by atoms with Crippen LogP contribution in [-0.2, 0) is 5.41 Å². The molecule has 1 aromatic carbocycles. The van der Waals surface area contributed by atoms with Crippen molar-refractivity contribution in [2.45, 2.75) is 19.3 Å². The van der Waals surface area contributed by atoms with Crippen LogP contribution in [0, 0.1) is 0 Å². The fourth-order valence-electron chi connectivity index (χ4n) is 4.61. The predicted molar refractivity (Wildman–Crippen MR) is 110 cm³/mol. The number of rotatable bonds is 4. The highest BCUT2D eigenvalue weighted by molar-refractivity contribution is 5.95. The van der Waals surface area contributed by atoms with E-state index < -0.39 is 0 Å². The second kappa shape index (κ2) is 6.22. The molecule has 1 atom stereocenters. The smallest absolute Gasteiger partial charge is 0.0721 e. The molecule has 0 aromatic heterocycles. The molecule has 124 valence electrons. The minimum absolute atomic E-state index is 0.385. The maximum absolute atomic E-state index is 4.15. The van der Waals surface area contributed by atoms with E-state index in [0.717, 1.165) is 11.1 Å². The van der Waals surface area contributed by atoms with Gasteiger partial charge in [0.05, 0.1) is 5.41 Å². The average molecular weight is 324 g/mol. The van der Waals surface area contributed by atoms with E-state index in [9.17, 15) is 0 Å². The van der Waals surface area contributed by atoms with Gasteiger partial charge in [0.2, 0.25) is 0 Å². The summed E-state index contributed by atoms with van der Waals surface area (Å²) >= 11 is 0. The molecule has 0 heteroatoms. The van der Waals surface area contributed by atoms with E-state index in [1.165, 1.54) is 33.4 Å². The zero-order valence-corrected chi connectivity index (χ0v) is 15.1. The summed E-state index contributed by atoms with van der Waals surface area (Å²) in [7, 11) is 0. The molecule has 0 fully saturated rings. The van der Waals surface area contributed by atoms with Gasteiger partial charge in [-0.15, -0.1) is 0 Å². The fraction of sp³-hybridized carbons (Fsp3) is 0.120. The van der Waals surface area contributed by atoms with Crippen LogP contribution in [0.5, 0.6) is 0 Å². The highest BCUT2D eigenvalue weighted by Crippen LogP contribution is 2.62. The summed E-state index contributed by atoms with van der Waals surface area (Å²) in [5.74, 6) is 0. The Morgan fingerprint density at radius 3 is 1.88 bits per heavy atom. The third kappa shape index (κ3) is 1.88. The van der Waals surface area contributed by atoms with Crippen LogP contribution in [0.4, 0.5) is 0 Å². The summed E-state index contributed by atoms with van der Waals surface area (Å²) in [5, 5.41) is 0. The van der Waals surface area contributed by atoms with Gasteiger partial charge in [0.25, 0.3) is 0 Å². The van der Waals surface area contributed by atoms with E-state index in [-0.39, 0.29) is 5.41 Å². The largest absolute Gasteiger partial charge is 0.0987 e. The number of fused-ring (bicyclic) bond motifs is 2. The van der Waals surface area contributed by atoms with Crippen LogP contribution >= 0.6 is 0 Å². The monoisotopic (exact) mass is 324 g/mol. The second-order valence-electron chi connectivity index (χ2n) is 6.17. The Morgan fingerprint density at radius 2 is 1.36 bits per heavy atom. The normalized spacial score (nSPS) is 25.0. The molecule has 25 heavy (non-hydrogen) atoms.